The van der Waals surface area contributed by atoms with Gasteiger partial charge in [-0.2, -0.15) is 0 Å². The molecule has 27 heavy (non-hydrogen) atoms. The van der Waals surface area contributed by atoms with Gasteiger partial charge in [0, 0.05) is 5.56 Å². The van der Waals surface area contributed by atoms with E-state index in [2.05, 4.69) is 10.3 Å². The SMILES string of the molecule is COc1ccccc1S(=O)(=O)c1cnc(NC(=O)c2ccc(O)c(Cl)c2)s1. The number of phenols is 1. The molecule has 0 radical (unpaired) electrons. The number of thiazole rings is 1. The molecular formula is C17H13ClN2O5S2. The molecule has 0 aliphatic carbocycles. The minimum atomic E-state index is -3.85. The Morgan fingerprint density at radius 3 is 2.70 bits per heavy atom. The van der Waals surface area contributed by atoms with Crippen molar-refractivity contribution in [3.8, 4) is 11.5 Å². The number of anilines is 1. The maximum Gasteiger partial charge on any atom is 0.257 e. The summed E-state index contributed by atoms with van der Waals surface area (Å²) < 4.78 is 30.7. The van der Waals surface area contributed by atoms with Crippen molar-refractivity contribution in [1.82, 2.24) is 4.98 Å². The van der Waals surface area contributed by atoms with Crippen molar-refractivity contribution in [1.29, 1.82) is 0 Å². The van der Waals surface area contributed by atoms with Crippen molar-refractivity contribution in [3.63, 3.8) is 0 Å². The Hall–Kier alpha value is -2.62. The number of nitrogens with zero attached hydrogens (tertiary/aromatic N) is 1. The number of methoxy groups -OCH3 is 1. The number of hydrogen-bond acceptors (Lipinski definition) is 7. The molecule has 7 nitrogen and oxygen atoms in total. The predicted octanol–water partition coefficient (Wildman–Crippen LogP) is 3.60. The molecule has 1 heterocycles. The van der Waals surface area contributed by atoms with E-state index in [9.17, 15) is 18.3 Å². The Morgan fingerprint density at radius 2 is 2.00 bits per heavy atom. The second-order valence-electron chi connectivity index (χ2n) is 5.26. The van der Waals surface area contributed by atoms with Gasteiger partial charge >= 0.3 is 0 Å². The molecule has 0 unspecified atom stereocenters. The summed E-state index contributed by atoms with van der Waals surface area (Å²) in [7, 11) is -2.46. The second-order valence-corrected chi connectivity index (χ2v) is 8.84. The number of sulfone groups is 1. The number of hydrogen-bond donors (Lipinski definition) is 2. The topological polar surface area (TPSA) is 106 Å². The summed E-state index contributed by atoms with van der Waals surface area (Å²) in [5.41, 5.74) is 0.196. The first-order valence-corrected chi connectivity index (χ1v) is 10.1. The first-order valence-electron chi connectivity index (χ1n) is 7.46. The summed E-state index contributed by atoms with van der Waals surface area (Å²) in [5, 5.41) is 12.1. The Kier molecular flexibility index (Phi) is 5.36. The molecule has 1 aromatic heterocycles. The molecule has 0 spiro atoms. The van der Waals surface area contributed by atoms with Crippen molar-refractivity contribution < 1.29 is 23.1 Å². The summed E-state index contributed by atoms with van der Waals surface area (Å²) in [6.45, 7) is 0. The molecular weight excluding hydrogens is 412 g/mol. The first kappa shape index (κ1) is 19.2. The van der Waals surface area contributed by atoms with Crippen molar-refractivity contribution >= 4 is 43.8 Å². The summed E-state index contributed by atoms with van der Waals surface area (Å²) in [6.07, 6.45) is 1.17. The van der Waals surface area contributed by atoms with Crippen LogP contribution in [0.3, 0.4) is 0 Å². The molecule has 0 aliphatic heterocycles. The Labute approximate surface area is 164 Å². The van der Waals surface area contributed by atoms with Gasteiger partial charge in [0.1, 0.15) is 20.6 Å². The van der Waals surface area contributed by atoms with Gasteiger partial charge in [0.15, 0.2) is 5.13 Å². The quantitative estimate of drug-likeness (QED) is 0.648. The number of halogens is 1. The maximum absolute atomic E-state index is 12.8. The molecule has 0 saturated carbocycles. The Morgan fingerprint density at radius 1 is 1.26 bits per heavy atom. The lowest BCUT2D eigenvalue weighted by atomic mass is 10.2. The minimum absolute atomic E-state index is 0.0133. The number of ether oxygens (including phenoxy) is 1. The van der Waals surface area contributed by atoms with Gasteiger partial charge in [-0.15, -0.1) is 0 Å². The lowest BCUT2D eigenvalue weighted by molar-refractivity contribution is 0.102. The van der Waals surface area contributed by atoms with Gasteiger partial charge in [0.05, 0.1) is 18.3 Å². The molecule has 2 aromatic carbocycles. The molecule has 2 N–H and O–H groups in total. The monoisotopic (exact) mass is 424 g/mol. The van der Waals surface area contributed by atoms with Crippen molar-refractivity contribution in [2.75, 3.05) is 12.4 Å². The molecule has 0 fully saturated rings. The van der Waals surface area contributed by atoms with E-state index >= 15 is 0 Å². The van der Waals surface area contributed by atoms with Crippen LogP contribution in [0.4, 0.5) is 5.13 Å². The zero-order valence-corrected chi connectivity index (χ0v) is 16.2. The highest BCUT2D eigenvalue weighted by Gasteiger charge is 2.25. The molecule has 1 amide bonds. The van der Waals surface area contributed by atoms with Crippen LogP contribution in [0.2, 0.25) is 5.02 Å². The number of carbonyl (C=O) groups excluding carboxylic acids is 1. The van der Waals surface area contributed by atoms with Gasteiger partial charge in [0.25, 0.3) is 5.91 Å². The van der Waals surface area contributed by atoms with Gasteiger partial charge in [-0.05, 0) is 30.3 Å². The number of rotatable bonds is 5. The lowest BCUT2D eigenvalue weighted by Gasteiger charge is -2.07. The molecule has 140 valence electrons. The molecule has 3 aromatic rings. The van der Waals surface area contributed by atoms with Crippen LogP contribution in [0.15, 0.2) is 57.8 Å². The third-order valence-electron chi connectivity index (χ3n) is 3.54. The molecule has 0 atom stereocenters. The standard InChI is InChI=1S/C17H13ClN2O5S2/c1-25-13-4-2-3-5-14(13)27(23,24)15-9-19-17(26-15)20-16(22)10-6-7-12(21)11(18)8-10/h2-9,21H,1H3,(H,19,20,22). The predicted molar refractivity (Wildman–Crippen MR) is 102 cm³/mol. The van der Waals surface area contributed by atoms with E-state index in [1.807, 2.05) is 0 Å². The average molecular weight is 425 g/mol. The third-order valence-corrected chi connectivity index (χ3v) is 7.01. The number of amides is 1. The zero-order valence-electron chi connectivity index (χ0n) is 13.8. The van der Waals surface area contributed by atoms with Gasteiger partial charge in [-0.3, -0.25) is 10.1 Å². The number of carbonyl (C=O) groups is 1. The molecule has 0 bridgehead atoms. The van der Waals surface area contributed by atoms with Crippen LogP contribution in [0, 0.1) is 0 Å². The molecule has 0 aliphatic rings. The highest BCUT2D eigenvalue weighted by atomic mass is 35.5. The summed E-state index contributed by atoms with van der Waals surface area (Å²) in [5.74, 6) is -0.463. The van der Waals surface area contributed by atoms with E-state index in [1.54, 1.807) is 18.2 Å². The summed E-state index contributed by atoms with van der Waals surface area (Å²) in [4.78, 5) is 16.2. The van der Waals surface area contributed by atoms with Crippen LogP contribution in [0.1, 0.15) is 10.4 Å². The van der Waals surface area contributed by atoms with E-state index in [1.165, 1.54) is 37.6 Å². The van der Waals surface area contributed by atoms with Gasteiger partial charge < -0.3 is 9.84 Å². The van der Waals surface area contributed by atoms with Gasteiger partial charge in [-0.25, -0.2) is 13.4 Å². The fraction of sp³-hybridized carbons (Fsp3) is 0.0588. The summed E-state index contributed by atoms with van der Waals surface area (Å²) in [6, 6.07) is 10.2. The van der Waals surface area contributed by atoms with E-state index in [0.29, 0.717) is 0 Å². The molecule has 0 saturated heterocycles. The van der Waals surface area contributed by atoms with Crippen molar-refractivity contribution in [3.05, 3.63) is 59.2 Å². The van der Waals surface area contributed by atoms with Crippen LogP contribution in [0.5, 0.6) is 11.5 Å². The van der Waals surface area contributed by atoms with Crippen LogP contribution in [-0.4, -0.2) is 31.5 Å². The largest absolute Gasteiger partial charge is 0.506 e. The minimum Gasteiger partial charge on any atom is -0.506 e. The van der Waals surface area contributed by atoms with Crippen LogP contribution in [-0.2, 0) is 9.84 Å². The number of aromatic hydroxyl groups is 1. The second kappa shape index (κ2) is 7.55. The van der Waals surface area contributed by atoms with Crippen molar-refractivity contribution in [2.24, 2.45) is 0 Å². The third kappa shape index (κ3) is 3.90. The van der Waals surface area contributed by atoms with Gasteiger partial charge in [-0.1, -0.05) is 35.1 Å². The normalized spacial score (nSPS) is 11.2. The zero-order chi connectivity index (χ0) is 19.6. The van der Waals surface area contributed by atoms with E-state index in [4.69, 9.17) is 16.3 Å². The number of benzene rings is 2. The Balaban J connectivity index is 1.86. The fourth-order valence-corrected chi connectivity index (χ4v) is 4.96. The van der Waals surface area contributed by atoms with E-state index in [0.717, 1.165) is 11.3 Å². The average Bonchev–Trinajstić information content (AvgIpc) is 3.13. The van der Waals surface area contributed by atoms with Gasteiger partial charge in [0.2, 0.25) is 9.84 Å². The lowest BCUT2D eigenvalue weighted by Crippen LogP contribution is -2.11. The smallest absolute Gasteiger partial charge is 0.257 e. The van der Waals surface area contributed by atoms with E-state index < -0.39 is 15.7 Å². The number of nitrogens with one attached hydrogen (secondary N) is 1. The maximum atomic E-state index is 12.8. The number of phenolic OH excluding ortho intramolecular Hbond substituents is 1. The Bertz CT molecular complexity index is 1110. The first-order chi connectivity index (χ1) is 12.8. The number of aromatic nitrogens is 1. The molecule has 3 rings (SSSR count). The van der Waals surface area contributed by atoms with Crippen LogP contribution in [0.25, 0.3) is 0 Å². The number of para-hydroxylation sites is 1. The van der Waals surface area contributed by atoms with E-state index in [-0.39, 0.29) is 36.3 Å². The van der Waals surface area contributed by atoms with Crippen molar-refractivity contribution in [2.45, 2.75) is 9.10 Å². The molecule has 10 heteroatoms. The van der Waals surface area contributed by atoms with Crippen LogP contribution >= 0.6 is 22.9 Å². The fourth-order valence-electron chi connectivity index (χ4n) is 2.21. The summed E-state index contributed by atoms with van der Waals surface area (Å²) >= 11 is 6.60. The highest BCUT2D eigenvalue weighted by molar-refractivity contribution is 7.93. The highest BCUT2D eigenvalue weighted by Crippen LogP contribution is 2.33. The van der Waals surface area contributed by atoms with Crippen LogP contribution < -0.4 is 10.1 Å².